The number of para-hydroxylation sites is 1. The molecule has 0 aliphatic rings. The summed E-state index contributed by atoms with van der Waals surface area (Å²) in [7, 11) is 0. The molecule has 7 nitrogen and oxygen atoms in total. The Kier molecular flexibility index (Phi) is 5.97. The van der Waals surface area contributed by atoms with E-state index in [1.54, 1.807) is 13.0 Å². The molecule has 0 aliphatic heterocycles. The number of aryl methyl sites for hydroxylation is 2. The molecule has 0 radical (unpaired) electrons. The van der Waals surface area contributed by atoms with Crippen LogP contribution in [0.2, 0.25) is 0 Å². The van der Waals surface area contributed by atoms with Crippen LogP contribution in [0.15, 0.2) is 51.7 Å². The van der Waals surface area contributed by atoms with Crippen LogP contribution in [0.4, 0.5) is 0 Å². The normalized spacial score (nSPS) is 10.6. The molecule has 3 rings (SSSR count). The number of carbonyl (C=O) groups is 2. The summed E-state index contributed by atoms with van der Waals surface area (Å²) in [6, 6.07) is 11.6. The molecule has 0 unspecified atom stereocenters. The number of hydrogen-bond donors (Lipinski definition) is 0. The molecule has 0 fully saturated rings. The molecule has 0 saturated carbocycles. The third-order valence-electron chi connectivity index (χ3n) is 4.18. The molecule has 1 heterocycles. The van der Waals surface area contributed by atoms with Crippen molar-refractivity contribution in [2.75, 3.05) is 13.2 Å². The van der Waals surface area contributed by atoms with E-state index in [4.69, 9.17) is 18.6 Å². The summed E-state index contributed by atoms with van der Waals surface area (Å²) in [6.45, 7) is 5.31. The SMILES string of the molecule is CCOC(=O)c1cc2ccc(OC(=O)COc3c(C)cccc3C)cc2oc1=O. The van der Waals surface area contributed by atoms with Crippen molar-refractivity contribution in [3.8, 4) is 11.5 Å². The van der Waals surface area contributed by atoms with Crippen LogP contribution in [-0.4, -0.2) is 25.2 Å². The molecule has 3 aromatic rings. The summed E-state index contributed by atoms with van der Waals surface area (Å²) in [4.78, 5) is 35.9. The highest BCUT2D eigenvalue weighted by Gasteiger charge is 2.16. The van der Waals surface area contributed by atoms with E-state index >= 15 is 0 Å². The quantitative estimate of drug-likeness (QED) is 0.357. The van der Waals surface area contributed by atoms with E-state index in [2.05, 4.69) is 0 Å². The van der Waals surface area contributed by atoms with Crippen molar-refractivity contribution in [2.24, 2.45) is 0 Å². The van der Waals surface area contributed by atoms with Crippen LogP contribution in [-0.2, 0) is 9.53 Å². The van der Waals surface area contributed by atoms with E-state index in [0.717, 1.165) is 11.1 Å². The smallest absolute Gasteiger partial charge is 0.351 e. The van der Waals surface area contributed by atoms with Gasteiger partial charge in [-0.1, -0.05) is 18.2 Å². The molecular weight excluding hydrogens is 376 g/mol. The second kappa shape index (κ2) is 8.60. The first-order chi connectivity index (χ1) is 13.9. The van der Waals surface area contributed by atoms with Gasteiger partial charge in [0.2, 0.25) is 0 Å². The van der Waals surface area contributed by atoms with Crippen molar-refractivity contribution < 1.29 is 28.2 Å². The first-order valence-electron chi connectivity index (χ1n) is 9.03. The van der Waals surface area contributed by atoms with E-state index in [-0.39, 0.29) is 30.1 Å². The number of hydrogen-bond acceptors (Lipinski definition) is 7. The van der Waals surface area contributed by atoms with Gasteiger partial charge in [-0.15, -0.1) is 0 Å². The van der Waals surface area contributed by atoms with Gasteiger partial charge in [0.25, 0.3) is 0 Å². The predicted molar refractivity (Wildman–Crippen MR) is 105 cm³/mol. The maximum atomic E-state index is 12.1. The minimum atomic E-state index is -0.821. The Balaban J connectivity index is 1.73. The number of ether oxygens (including phenoxy) is 3. The van der Waals surface area contributed by atoms with Crippen LogP contribution in [0.5, 0.6) is 11.5 Å². The highest BCUT2D eigenvalue weighted by Crippen LogP contribution is 2.23. The fraction of sp³-hybridized carbons (Fsp3) is 0.227. The summed E-state index contributed by atoms with van der Waals surface area (Å²) in [5.41, 5.74) is 1.01. The lowest BCUT2D eigenvalue weighted by Crippen LogP contribution is -2.18. The third-order valence-corrected chi connectivity index (χ3v) is 4.18. The van der Waals surface area contributed by atoms with Crippen LogP contribution in [0.1, 0.15) is 28.4 Å². The van der Waals surface area contributed by atoms with Gasteiger partial charge in [-0.3, -0.25) is 0 Å². The van der Waals surface area contributed by atoms with E-state index in [1.165, 1.54) is 18.2 Å². The van der Waals surface area contributed by atoms with Crippen LogP contribution in [0.3, 0.4) is 0 Å². The standard InChI is InChI=1S/C22H20O7/c1-4-26-21(24)17-10-15-8-9-16(11-18(15)29-22(17)25)28-19(23)12-27-20-13(2)6-5-7-14(20)3/h5-11H,4,12H2,1-3H3. The number of esters is 2. The Hall–Kier alpha value is -3.61. The maximum absolute atomic E-state index is 12.1. The summed E-state index contributed by atoms with van der Waals surface area (Å²) in [5, 5.41) is 0.499. The van der Waals surface area contributed by atoms with E-state index < -0.39 is 17.6 Å². The van der Waals surface area contributed by atoms with Crippen LogP contribution >= 0.6 is 0 Å². The average molecular weight is 396 g/mol. The number of rotatable bonds is 6. The Morgan fingerprint density at radius 1 is 1.03 bits per heavy atom. The fourth-order valence-corrected chi connectivity index (χ4v) is 2.83. The molecular formula is C22H20O7. The zero-order valence-electron chi connectivity index (χ0n) is 16.3. The van der Waals surface area contributed by atoms with Gasteiger partial charge < -0.3 is 18.6 Å². The number of carbonyl (C=O) groups excluding carboxylic acids is 2. The molecule has 2 aromatic carbocycles. The number of benzene rings is 2. The van der Waals surface area contributed by atoms with Gasteiger partial charge in [0, 0.05) is 11.5 Å². The van der Waals surface area contributed by atoms with E-state index in [9.17, 15) is 14.4 Å². The molecule has 7 heteroatoms. The Labute approximate surface area is 166 Å². The first kappa shape index (κ1) is 20.1. The Morgan fingerprint density at radius 2 is 1.76 bits per heavy atom. The van der Waals surface area contributed by atoms with Crippen molar-refractivity contribution in [3.63, 3.8) is 0 Å². The zero-order chi connectivity index (χ0) is 21.0. The lowest BCUT2D eigenvalue weighted by atomic mass is 10.1. The van der Waals surface area contributed by atoms with Gasteiger partial charge in [-0.25, -0.2) is 14.4 Å². The fourth-order valence-electron chi connectivity index (χ4n) is 2.83. The molecule has 0 bridgehead atoms. The molecule has 0 spiro atoms. The summed E-state index contributed by atoms with van der Waals surface area (Å²) >= 11 is 0. The lowest BCUT2D eigenvalue weighted by molar-refractivity contribution is -0.136. The minimum absolute atomic E-state index is 0.148. The van der Waals surface area contributed by atoms with Gasteiger partial charge >= 0.3 is 17.6 Å². The van der Waals surface area contributed by atoms with Gasteiger partial charge in [0.1, 0.15) is 22.6 Å². The molecule has 0 amide bonds. The highest BCUT2D eigenvalue weighted by molar-refractivity contribution is 5.93. The largest absolute Gasteiger partial charge is 0.481 e. The summed E-state index contributed by atoms with van der Waals surface area (Å²) in [6.07, 6.45) is 0. The molecule has 150 valence electrons. The monoisotopic (exact) mass is 396 g/mol. The third kappa shape index (κ3) is 4.63. The summed E-state index contributed by atoms with van der Waals surface area (Å²) < 4.78 is 20.8. The molecule has 0 atom stereocenters. The van der Waals surface area contributed by atoms with Crippen molar-refractivity contribution >= 4 is 22.9 Å². The molecule has 29 heavy (non-hydrogen) atoms. The predicted octanol–water partition coefficient (Wildman–Crippen LogP) is 3.57. The second-order valence-electron chi connectivity index (χ2n) is 6.35. The van der Waals surface area contributed by atoms with Crippen molar-refractivity contribution in [2.45, 2.75) is 20.8 Å². The topological polar surface area (TPSA) is 92.0 Å². The van der Waals surface area contributed by atoms with Crippen molar-refractivity contribution in [1.82, 2.24) is 0 Å². The number of fused-ring (bicyclic) bond motifs is 1. The first-order valence-corrected chi connectivity index (χ1v) is 9.03. The van der Waals surface area contributed by atoms with Crippen LogP contribution < -0.4 is 15.1 Å². The lowest BCUT2D eigenvalue weighted by Gasteiger charge is -2.11. The van der Waals surface area contributed by atoms with E-state index in [1.807, 2.05) is 32.0 Å². The van der Waals surface area contributed by atoms with Crippen LogP contribution in [0.25, 0.3) is 11.0 Å². The zero-order valence-corrected chi connectivity index (χ0v) is 16.3. The van der Waals surface area contributed by atoms with Crippen molar-refractivity contribution in [3.05, 3.63) is 69.6 Å². The van der Waals surface area contributed by atoms with Gasteiger partial charge in [-0.05, 0) is 50.1 Å². The van der Waals surface area contributed by atoms with Gasteiger partial charge in [0.15, 0.2) is 6.61 Å². The highest BCUT2D eigenvalue weighted by atomic mass is 16.6. The van der Waals surface area contributed by atoms with Crippen LogP contribution in [0, 0.1) is 13.8 Å². The average Bonchev–Trinajstić information content (AvgIpc) is 2.67. The maximum Gasteiger partial charge on any atom is 0.351 e. The minimum Gasteiger partial charge on any atom is -0.481 e. The second-order valence-corrected chi connectivity index (χ2v) is 6.35. The van der Waals surface area contributed by atoms with Gasteiger partial charge in [-0.2, -0.15) is 0 Å². The molecule has 0 N–H and O–H groups in total. The molecule has 0 aliphatic carbocycles. The molecule has 0 saturated heterocycles. The van der Waals surface area contributed by atoms with E-state index in [0.29, 0.717) is 11.1 Å². The van der Waals surface area contributed by atoms with Gasteiger partial charge in [0.05, 0.1) is 6.61 Å². The van der Waals surface area contributed by atoms with Crippen molar-refractivity contribution in [1.29, 1.82) is 0 Å². The molecule has 1 aromatic heterocycles. The Bertz CT molecular complexity index is 1110. The summed E-state index contributed by atoms with van der Waals surface area (Å²) in [5.74, 6) is -0.514. The Morgan fingerprint density at radius 3 is 2.45 bits per heavy atom.